The average Bonchev–Trinajstić information content (AvgIpc) is 2.72. The molecule has 5 N–H and O–H groups in total. The number of nitrogens with zero attached hydrogens (tertiary/aromatic N) is 1. The van der Waals surface area contributed by atoms with Crippen LogP contribution >= 0.6 is 0 Å². The van der Waals surface area contributed by atoms with Crippen LogP contribution in [0.3, 0.4) is 0 Å². The first-order chi connectivity index (χ1) is 14.7. The lowest BCUT2D eigenvalue weighted by Gasteiger charge is -2.20. The fourth-order valence-corrected chi connectivity index (χ4v) is 3.06. The van der Waals surface area contributed by atoms with Crippen molar-refractivity contribution in [3.63, 3.8) is 0 Å². The van der Waals surface area contributed by atoms with Gasteiger partial charge in [0.15, 0.2) is 11.5 Å². The molecule has 2 rings (SSSR count). The number of primary amides is 2. The predicted octanol–water partition coefficient (Wildman–Crippen LogP) is 0.981. The zero-order chi connectivity index (χ0) is 23.1. The Balaban J connectivity index is 2.14. The number of hydrogen-bond acceptors (Lipinski definition) is 7. The Morgan fingerprint density at radius 1 is 0.903 bits per heavy atom. The van der Waals surface area contributed by atoms with Crippen LogP contribution in [-0.4, -0.2) is 57.5 Å². The number of nitrogens with two attached hydrogens (primary N) is 2. The van der Waals surface area contributed by atoms with Gasteiger partial charge in [0, 0.05) is 28.9 Å². The first-order valence-electron chi connectivity index (χ1n) is 9.21. The highest BCUT2D eigenvalue weighted by atomic mass is 16.5. The molecule has 0 spiro atoms. The van der Waals surface area contributed by atoms with Crippen molar-refractivity contribution in [3.8, 4) is 17.2 Å². The molecule has 3 amide bonds. The maximum Gasteiger partial charge on any atom is 0.248 e. The van der Waals surface area contributed by atoms with Gasteiger partial charge in [0.1, 0.15) is 0 Å². The molecule has 0 saturated heterocycles. The van der Waals surface area contributed by atoms with Crippen molar-refractivity contribution in [2.75, 3.05) is 40.2 Å². The van der Waals surface area contributed by atoms with Gasteiger partial charge in [-0.3, -0.25) is 19.3 Å². The number of rotatable bonds is 10. The SMILES string of the molecule is COc1ccc(CN(C)CC(=O)Nc2cc(C(N)=O)cc(C(N)=O)c2)c(OC)c1OC. The number of methoxy groups -OCH3 is 3. The maximum absolute atomic E-state index is 12.5. The Bertz CT molecular complexity index is 960. The van der Waals surface area contributed by atoms with Crippen molar-refractivity contribution in [1.29, 1.82) is 0 Å². The number of carbonyl (C=O) groups is 3. The molecule has 31 heavy (non-hydrogen) atoms. The third-order valence-corrected chi connectivity index (χ3v) is 4.43. The van der Waals surface area contributed by atoms with Gasteiger partial charge in [-0.2, -0.15) is 0 Å². The van der Waals surface area contributed by atoms with E-state index < -0.39 is 11.8 Å². The van der Waals surface area contributed by atoms with Crippen molar-refractivity contribution in [2.24, 2.45) is 11.5 Å². The van der Waals surface area contributed by atoms with Gasteiger partial charge in [-0.15, -0.1) is 0 Å². The Labute approximate surface area is 180 Å². The smallest absolute Gasteiger partial charge is 0.248 e. The third-order valence-electron chi connectivity index (χ3n) is 4.43. The van der Waals surface area contributed by atoms with E-state index in [1.807, 2.05) is 6.07 Å². The van der Waals surface area contributed by atoms with Gasteiger partial charge >= 0.3 is 0 Å². The molecule has 0 aliphatic carbocycles. The number of amides is 3. The summed E-state index contributed by atoms with van der Waals surface area (Å²) >= 11 is 0. The standard InChI is InChI=1S/C21H26N4O6/c1-25(10-12-5-6-16(29-2)19(31-4)18(12)30-3)11-17(26)24-15-8-13(20(22)27)7-14(9-15)21(23)28/h5-9H,10-11H2,1-4H3,(H2,22,27)(H2,23,28)(H,24,26). The largest absolute Gasteiger partial charge is 0.493 e. The number of carbonyl (C=O) groups excluding carboxylic acids is 3. The van der Waals surface area contributed by atoms with Crippen LogP contribution in [0.2, 0.25) is 0 Å². The van der Waals surface area contributed by atoms with Crippen molar-refractivity contribution >= 4 is 23.4 Å². The zero-order valence-electron chi connectivity index (χ0n) is 17.9. The summed E-state index contributed by atoms with van der Waals surface area (Å²) in [7, 11) is 6.33. The van der Waals surface area contributed by atoms with Gasteiger partial charge in [-0.1, -0.05) is 6.07 Å². The second kappa shape index (κ2) is 10.3. The average molecular weight is 430 g/mol. The summed E-state index contributed by atoms with van der Waals surface area (Å²) in [5.41, 5.74) is 11.7. The molecule has 166 valence electrons. The molecule has 0 atom stereocenters. The Morgan fingerprint density at radius 2 is 1.48 bits per heavy atom. The van der Waals surface area contributed by atoms with Gasteiger partial charge in [-0.05, 0) is 31.3 Å². The maximum atomic E-state index is 12.5. The van der Waals surface area contributed by atoms with E-state index in [4.69, 9.17) is 25.7 Å². The number of anilines is 1. The van der Waals surface area contributed by atoms with Crippen molar-refractivity contribution in [1.82, 2.24) is 4.90 Å². The van der Waals surface area contributed by atoms with Crippen LogP contribution in [0.15, 0.2) is 30.3 Å². The lowest BCUT2D eigenvalue weighted by atomic mass is 10.1. The number of hydrogen-bond donors (Lipinski definition) is 3. The Kier molecular flexibility index (Phi) is 7.81. The highest BCUT2D eigenvalue weighted by Gasteiger charge is 2.18. The summed E-state index contributed by atoms with van der Waals surface area (Å²) in [6.45, 7) is 0.398. The lowest BCUT2D eigenvalue weighted by Crippen LogP contribution is -2.30. The highest BCUT2D eigenvalue weighted by Crippen LogP contribution is 2.40. The third kappa shape index (κ3) is 5.86. The fourth-order valence-electron chi connectivity index (χ4n) is 3.06. The Morgan fingerprint density at radius 3 is 1.97 bits per heavy atom. The van der Waals surface area contributed by atoms with Crippen molar-refractivity contribution < 1.29 is 28.6 Å². The van der Waals surface area contributed by atoms with E-state index >= 15 is 0 Å². The van der Waals surface area contributed by atoms with Crippen LogP contribution < -0.4 is 31.0 Å². The molecule has 0 radical (unpaired) electrons. The van der Waals surface area contributed by atoms with Crippen LogP contribution in [-0.2, 0) is 11.3 Å². The quantitative estimate of drug-likeness (QED) is 0.509. The van der Waals surface area contributed by atoms with E-state index in [1.54, 1.807) is 18.0 Å². The summed E-state index contributed by atoms with van der Waals surface area (Å²) in [6.07, 6.45) is 0. The fraction of sp³-hybridized carbons (Fsp3) is 0.286. The summed E-state index contributed by atoms with van der Waals surface area (Å²) in [4.78, 5) is 37.2. The summed E-state index contributed by atoms with van der Waals surface area (Å²) in [5, 5.41) is 2.65. The molecular weight excluding hydrogens is 404 g/mol. The van der Waals surface area contributed by atoms with Crippen LogP contribution in [0.5, 0.6) is 17.2 Å². The summed E-state index contributed by atoms with van der Waals surface area (Å²) in [5.74, 6) is -0.341. The van der Waals surface area contributed by atoms with Crippen LogP contribution in [0.4, 0.5) is 5.69 Å². The lowest BCUT2D eigenvalue weighted by molar-refractivity contribution is -0.117. The van der Waals surface area contributed by atoms with Gasteiger partial charge in [0.2, 0.25) is 23.5 Å². The second-order valence-corrected chi connectivity index (χ2v) is 6.74. The van der Waals surface area contributed by atoms with E-state index in [2.05, 4.69) is 5.32 Å². The van der Waals surface area contributed by atoms with E-state index in [-0.39, 0.29) is 29.3 Å². The summed E-state index contributed by atoms with van der Waals surface area (Å²) < 4.78 is 16.1. The van der Waals surface area contributed by atoms with E-state index in [9.17, 15) is 14.4 Å². The van der Waals surface area contributed by atoms with Gasteiger partial charge in [0.25, 0.3) is 0 Å². The Hall–Kier alpha value is -3.79. The van der Waals surface area contributed by atoms with Crippen molar-refractivity contribution in [3.05, 3.63) is 47.0 Å². The van der Waals surface area contributed by atoms with Gasteiger partial charge in [0.05, 0.1) is 27.9 Å². The van der Waals surface area contributed by atoms with Crippen LogP contribution in [0.1, 0.15) is 26.3 Å². The minimum absolute atomic E-state index is 0.0181. The zero-order valence-corrected chi connectivity index (χ0v) is 17.9. The number of likely N-dealkylation sites (N-methyl/N-ethyl adjacent to an activating group) is 1. The first kappa shape index (κ1) is 23.5. The van der Waals surface area contributed by atoms with Crippen LogP contribution in [0.25, 0.3) is 0 Å². The minimum atomic E-state index is -0.740. The molecule has 2 aromatic carbocycles. The molecular formula is C21H26N4O6. The second-order valence-electron chi connectivity index (χ2n) is 6.74. The predicted molar refractivity (Wildman–Crippen MR) is 115 cm³/mol. The van der Waals surface area contributed by atoms with E-state index in [0.29, 0.717) is 23.8 Å². The van der Waals surface area contributed by atoms with E-state index in [1.165, 1.54) is 39.5 Å². The molecule has 0 unspecified atom stereocenters. The molecule has 0 bridgehead atoms. The number of ether oxygens (including phenoxy) is 3. The molecule has 2 aromatic rings. The molecule has 0 aromatic heterocycles. The molecule has 10 heteroatoms. The molecule has 0 aliphatic rings. The van der Waals surface area contributed by atoms with E-state index in [0.717, 1.165) is 5.56 Å². The topological polar surface area (TPSA) is 146 Å². The summed E-state index contributed by atoms with van der Waals surface area (Å²) in [6, 6.07) is 7.61. The monoisotopic (exact) mass is 430 g/mol. The minimum Gasteiger partial charge on any atom is -0.493 e. The van der Waals surface area contributed by atoms with Gasteiger partial charge in [-0.25, -0.2) is 0 Å². The molecule has 0 heterocycles. The van der Waals surface area contributed by atoms with Gasteiger partial charge < -0.3 is 31.0 Å². The molecule has 0 saturated carbocycles. The molecule has 10 nitrogen and oxygen atoms in total. The number of benzene rings is 2. The first-order valence-corrected chi connectivity index (χ1v) is 9.21. The normalized spacial score (nSPS) is 10.5. The van der Waals surface area contributed by atoms with Crippen molar-refractivity contribution in [2.45, 2.75) is 6.54 Å². The molecule has 0 aliphatic heterocycles. The van der Waals surface area contributed by atoms with Crippen LogP contribution in [0, 0.1) is 0 Å². The molecule has 0 fully saturated rings. The number of nitrogens with one attached hydrogen (secondary N) is 1. The highest BCUT2D eigenvalue weighted by molar-refractivity contribution is 6.01.